The highest BCUT2D eigenvalue weighted by Crippen LogP contribution is 2.24. The number of Topliss-reactive ketones (excluding diaryl/α,β-unsaturated/α-hetero) is 1. The molecule has 0 unspecified atom stereocenters. The number of para-hydroxylation sites is 1. The number of benzene rings is 1. The molecule has 0 saturated heterocycles. The van der Waals surface area contributed by atoms with Crippen molar-refractivity contribution in [3.8, 4) is 0 Å². The van der Waals surface area contributed by atoms with Gasteiger partial charge in [-0.15, -0.1) is 11.3 Å². The Hall–Kier alpha value is -3.98. The standard InChI is InChI=1S/C26H23N3O5S/c1-16-12-20(17(2)29(16)10-9-18-6-5-11-35-18)21(30)14-33-23(31)13-28-15-27-24-19-7-3-4-8-22(19)34-25(24)26(28)32/h3-8,11-12,15H,9-10,13-14H2,1-2H3. The average molecular weight is 490 g/mol. The maximum atomic E-state index is 12.8. The van der Waals surface area contributed by atoms with Crippen molar-refractivity contribution in [2.75, 3.05) is 6.61 Å². The van der Waals surface area contributed by atoms with Crippen molar-refractivity contribution in [3.63, 3.8) is 0 Å². The van der Waals surface area contributed by atoms with Gasteiger partial charge in [-0.3, -0.25) is 19.0 Å². The van der Waals surface area contributed by atoms with Gasteiger partial charge in [-0.25, -0.2) is 4.98 Å². The molecular weight excluding hydrogens is 466 g/mol. The molecule has 0 amide bonds. The van der Waals surface area contributed by atoms with E-state index < -0.39 is 18.1 Å². The third kappa shape index (κ3) is 4.42. The van der Waals surface area contributed by atoms with Crippen molar-refractivity contribution in [1.29, 1.82) is 0 Å². The summed E-state index contributed by atoms with van der Waals surface area (Å²) in [7, 11) is 0. The Morgan fingerprint density at radius 3 is 2.77 bits per heavy atom. The van der Waals surface area contributed by atoms with E-state index in [4.69, 9.17) is 9.15 Å². The SMILES string of the molecule is Cc1cc(C(=O)COC(=O)Cn2cnc3c(oc4ccccc43)c2=O)c(C)n1CCc1cccs1. The first kappa shape index (κ1) is 22.8. The smallest absolute Gasteiger partial charge is 0.326 e. The van der Waals surface area contributed by atoms with Crippen molar-refractivity contribution in [2.24, 2.45) is 0 Å². The van der Waals surface area contributed by atoms with Crippen molar-refractivity contribution in [1.82, 2.24) is 14.1 Å². The zero-order valence-electron chi connectivity index (χ0n) is 19.3. The molecule has 0 fully saturated rings. The second kappa shape index (κ2) is 9.34. The van der Waals surface area contributed by atoms with Crippen LogP contribution in [0.15, 0.2) is 63.4 Å². The van der Waals surface area contributed by atoms with Gasteiger partial charge < -0.3 is 13.7 Å². The molecular formula is C26H23N3O5S. The number of aromatic nitrogens is 3. The summed E-state index contributed by atoms with van der Waals surface area (Å²) in [4.78, 5) is 43.5. The monoisotopic (exact) mass is 489 g/mol. The Balaban J connectivity index is 1.24. The molecule has 1 aromatic carbocycles. The van der Waals surface area contributed by atoms with E-state index in [1.165, 1.54) is 11.2 Å². The lowest BCUT2D eigenvalue weighted by Gasteiger charge is -2.09. The Labute approximate surface area is 204 Å². The third-order valence-corrected chi connectivity index (χ3v) is 6.99. The van der Waals surface area contributed by atoms with E-state index in [0.29, 0.717) is 16.7 Å². The molecule has 0 aliphatic heterocycles. The lowest BCUT2D eigenvalue weighted by molar-refractivity contribution is -0.143. The zero-order chi connectivity index (χ0) is 24.5. The van der Waals surface area contributed by atoms with E-state index in [2.05, 4.69) is 15.6 Å². The molecule has 0 atom stereocenters. The summed E-state index contributed by atoms with van der Waals surface area (Å²) < 4.78 is 14.0. The molecule has 9 heteroatoms. The molecule has 0 radical (unpaired) electrons. The highest BCUT2D eigenvalue weighted by molar-refractivity contribution is 7.09. The number of rotatable bonds is 8. The minimum Gasteiger partial charge on any atom is -0.456 e. The van der Waals surface area contributed by atoms with Gasteiger partial charge in [0.2, 0.25) is 11.4 Å². The normalized spacial score (nSPS) is 11.4. The molecule has 0 aliphatic rings. The van der Waals surface area contributed by atoms with Crippen LogP contribution >= 0.6 is 11.3 Å². The number of fused-ring (bicyclic) bond motifs is 3. The van der Waals surface area contributed by atoms with Crippen LogP contribution < -0.4 is 5.56 Å². The number of carbonyl (C=O) groups is 2. The average Bonchev–Trinajstić information content (AvgIpc) is 3.57. The quantitative estimate of drug-likeness (QED) is 0.238. The van der Waals surface area contributed by atoms with Crippen LogP contribution in [0.3, 0.4) is 0 Å². The predicted octanol–water partition coefficient (Wildman–Crippen LogP) is 4.29. The van der Waals surface area contributed by atoms with Gasteiger partial charge in [-0.05, 0) is 49.9 Å². The van der Waals surface area contributed by atoms with Crippen LogP contribution in [0.2, 0.25) is 0 Å². The van der Waals surface area contributed by atoms with Gasteiger partial charge in [-0.1, -0.05) is 18.2 Å². The summed E-state index contributed by atoms with van der Waals surface area (Å²) in [6.07, 6.45) is 2.17. The van der Waals surface area contributed by atoms with Crippen LogP contribution in [0, 0.1) is 13.8 Å². The topological polar surface area (TPSA) is 96.3 Å². The van der Waals surface area contributed by atoms with E-state index in [1.807, 2.05) is 43.5 Å². The minimum absolute atomic E-state index is 0.0764. The fourth-order valence-electron chi connectivity index (χ4n) is 4.24. The second-order valence-corrected chi connectivity index (χ2v) is 9.34. The highest BCUT2D eigenvalue weighted by atomic mass is 32.1. The van der Waals surface area contributed by atoms with Gasteiger partial charge in [0.05, 0.1) is 6.33 Å². The first-order valence-corrected chi connectivity index (χ1v) is 12.0. The van der Waals surface area contributed by atoms with Crippen LogP contribution in [-0.2, 0) is 29.0 Å². The molecule has 178 valence electrons. The Morgan fingerprint density at radius 1 is 1.14 bits per heavy atom. The number of nitrogens with zero attached hydrogens (tertiary/aromatic N) is 3. The number of furan rings is 1. The van der Waals surface area contributed by atoms with Crippen LogP contribution in [0.5, 0.6) is 0 Å². The maximum absolute atomic E-state index is 12.8. The highest BCUT2D eigenvalue weighted by Gasteiger charge is 2.19. The Bertz CT molecular complexity index is 1610. The zero-order valence-corrected chi connectivity index (χ0v) is 20.1. The van der Waals surface area contributed by atoms with Crippen molar-refractivity contribution in [3.05, 3.63) is 86.4 Å². The second-order valence-electron chi connectivity index (χ2n) is 8.30. The molecule has 0 aliphatic carbocycles. The van der Waals surface area contributed by atoms with Crippen molar-refractivity contribution < 1.29 is 18.7 Å². The maximum Gasteiger partial charge on any atom is 0.326 e. The Kier molecular flexibility index (Phi) is 6.08. The number of ketones is 1. The van der Waals surface area contributed by atoms with E-state index in [-0.39, 0.29) is 17.9 Å². The summed E-state index contributed by atoms with van der Waals surface area (Å²) in [5, 5.41) is 2.78. The molecule has 4 aromatic heterocycles. The number of esters is 1. The van der Waals surface area contributed by atoms with E-state index in [9.17, 15) is 14.4 Å². The molecule has 0 saturated carbocycles. The minimum atomic E-state index is -0.704. The number of hydrogen-bond acceptors (Lipinski definition) is 7. The largest absolute Gasteiger partial charge is 0.456 e. The molecule has 0 bridgehead atoms. The van der Waals surface area contributed by atoms with Gasteiger partial charge in [0, 0.05) is 33.8 Å². The van der Waals surface area contributed by atoms with Crippen LogP contribution in [0.25, 0.3) is 22.1 Å². The molecule has 4 heterocycles. The summed E-state index contributed by atoms with van der Waals surface area (Å²) >= 11 is 1.71. The van der Waals surface area contributed by atoms with Gasteiger partial charge >= 0.3 is 5.97 Å². The van der Waals surface area contributed by atoms with E-state index in [1.54, 1.807) is 23.5 Å². The molecule has 0 N–H and O–H groups in total. The number of thiophene rings is 1. The number of aryl methyl sites for hydroxylation is 2. The molecule has 35 heavy (non-hydrogen) atoms. The predicted molar refractivity (Wildman–Crippen MR) is 133 cm³/mol. The van der Waals surface area contributed by atoms with Crippen LogP contribution in [0.1, 0.15) is 26.6 Å². The van der Waals surface area contributed by atoms with Crippen molar-refractivity contribution >= 4 is 45.2 Å². The molecule has 5 aromatic rings. The van der Waals surface area contributed by atoms with Gasteiger partial charge in [-0.2, -0.15) is 0 Å². The Morgan fingerprint density at radius 2 is 1.97 bits per heavy atom. The number of ether oxygens (including phenoxy) is 1. The lowest BCUT2D eigenvalue weighted by Crippen LogP contribution is -2.26. The summed E-state index contributed by atoms with van der Waals surface area (Å²) in [5.41, 5.74) is 2.94. The van der Waals surface area contributed by atoms with Crippen LogP contribution in [0.4, 0.5) is 0 Å². The van der Waals surface area contributed by atoms with Crippen LogP contribution in [-0.4, -0.2) is 32.5 Å². The number of hydrogen-bond donors (Lipinski definition) is 0. The summed E-state index contributed by atoms with van der Waals surface area (Å²) in [5.74, 6) is -0.990. The summed E-state index contributed by atoms with van der Waals surface area (Å²) in [6.45, 7) is 3.85. The van der Waals surface area contributed by atoms with Gasteiger partial charge in [0.1, 0.15) is 17.6 Å². The third-order valence-electron chi connectivity index (χ3n) is 6.05. The molecule has 8 nitrogen and oxygen atoms in total. The summed E-state index contributed by atoms with van der Waals surface area (Å²) in [6, 6.07) is 13.1. The fourth-order valence-corrected chi connectivity index (χ4v) is 4.94. The van der Waals surface area contributed by atoms with Crippen molar-refractivity contribution in [2.45, 2.75) is 33.4 Å². The molecule has 5 rings (SSSR count). The lowest BCUT2D eigenvalue weighted by atomic mass is 10.1. The fraction of sp³-hybridized carbons (Fsp3) is 0.231. The van der Waals surface area contributed by atoms with E-state index >= 15 is 0 Å². The number of carbonyl (C=O) groups excluding carboxylic acids is 2. The van der Waals surface area contributed by atoms with E-state index in [0.717, 1.165) is 34.3 Å². The van der Waals surface area contributed by atoms with Gasteiger partial charge in [0.15, 0.2) is 6.61 Å². The first-order chi connectivity index (χ1) is 16.9. The first-order valence-electron chi connectivity index (χ1n) is 11.2. The molecule has 0 spiro atoms. The van der Waals surface area contributed by atoms with Gasteiger partial charge in [0.25, 0.3) is 5.56 Å².